The molecule has 0 saturated heterocycles. The van der Waals surface area contributed by atoms with Crippen molar-refractivity contribution in [3.8, 4) is 0 Å². The quantitative estimate of drug-likeness (QED) is 0.540. The van der Waals surface area contributed by atoms with Crippen LogP contribution in [0.2, 0.25) is 0 Å². The summed E-state index contributed by atoms with van der Waals surface area (Å²) in [6.45, 7) is 8.07. The molecule has 0 heterocycles. The Morgan fingerprint density at radius 3 is 1.93 bits per heavy atom. The van der Waals surface area contributed by atoms with Crippen molar-refractivity contribution < 1.29 is 18.0 Å². The number of hydrogen-bond donors (Lipinski definition) is 0. The van der Waals surface area contributed by atoms with Crippen molar-refractivity contribution in [1.82, 2.24) is 0 Å². The molecule has 1 unspecified atom stereocenters. The van der Waals surface area contributed by atoms with Crippen LogP contribution < -0.4 is 0 Å². The molecule has 0 spiro atoms. The summed E-state index contributed by atoms with van der Waals surface area (Å²) < 4.78 is 21.7. The Labute approximate surface area is 94.8 Å². The van der Waals surface area contributed by atoms with Crippen LogP contribution in [0.4, 0.5) is 0 Å². The molecule has 0 aromatic heterocycles. The molecule has 1 atom stereocenters. The molecule has 0 rings (SSSR count). The van der Waals surface area contributed by atoms with Crippen LogP contribution in [0.25, 0.3) is 0 Å². The van der Waals surface area contributed by atoms with E-state index in [0.29, 0.717) is 19.8 Å². The number of methoxy groups -OCH3 is 1. The maximum atomic E-state index is 5.57. The van der Waals surface area contributed by atoms with E-state index in [1.54, 1.807) is 7.11 Å². The van der Waals surface area contributed by atoms with Gasteiger partial charge in [-0.1, -0.05) is 13.8 Å². The van der Waals surface area contributed by atoms with Gasteiger partial charge >= 0.3 is 9.53 Å². The summed E-state index contributed by atoms with van der Waals surface area (Å²) in [6, 6.07) is 0. The molecular formula is C10H24O4Si. The summed E-state index contributed by atoms with van der Waals surface area (Å²) in [7, 11) is -0.248. The Morgan fingerprint density at radius 1 is 1.00 bits per heavy atom. The third-order valence-corrected chi connectivity index (χ3v) is 3.27. The van der Waals surface area contributed by atoms with Gasteiger partial charge < -0.3 is 18.0 Å². The molecule has 15 heavy (non-hydrogen) atoms. The molecule has 4 nitrogen and oxygen atoms in total. The van der Waals surface area contributed by atoms with Gasteiger partial charge in [-0.2, -0.15) is 0 Å². The van der Waals surface area contributed by atoms with Crippen molar-refractivity contribution in [3.63, 3.8) is 0 Å². The Kier molecular flexibility index (Phi) is 10.6. The van der Waals surface area contributed by atoms with Crippen molar-refractivity contribution in [2.45, 2.75) is 39.7 Å². The highest BCUT2D eigenvalue weighted by Crippen LogP contribution is 1.98. The Hall–Kier alpha value is 0.0569. The van der Waals surface area contributed by atoms with Gasteiger partial charge in [-0.3, -0.25) is 0 Å². The zero-order valence-corrected chi connectivity index (χ0v) is 11.5. The van der Waals surface area contributed by atoms with Crippen molar-refractivity contribution in [3.05, 3.63) is 0 Å². The second-order valence-electron chi connectivity index (χ2n) is 3.41. The fourth-order valence-corrected chi connectivity index (χ4v) is 2.43. The molecule has 5 heteroatoms. The van der Waals surface area contributed by atoms with Crippen molar-refractivity contribution in [2.24, 2.45) is 0 Å². The smallest absolute Gasteiger partial charge is 0.379 e. The highest BCUT2D eigenvalue weighted by atomic mass is 28.3. The molecule has 0 bridgehead atoms. The van der Waals surface area contributed by atoms with Crippen molar-refractivity contribution in [2.75, 3.05) is 26.9 Å². The highest BCUT2D eigenvalue weighted by molar-refractivity contribution is 6.36. The van der Waals surface area contributed by atoms with Crippen LogP contribution in [0.3, 0.4) is 0 Å². The first-order valence-corrected chi connectivity index (χ1v) is 7.03. The molecule has 0 amide bonds. The second-order valence-corrected chi connectivity index (χ2v) is 4.99. The maximum Gasteiger partial charge on any atom is 0.484 e. The van der Waals surface area contributed by atoms with E-state index >= 15 is 0 Å². The third kappa shape index (κ3) is 9.01. The van der Waals surface area contributed by atoms with E-state index in [1.807, 2.05) is 6.92 Å². The second kappa shape index (κ2) is 10.6. The zero-order chi connectivity index (χ0) is 11.5. The lowest BCUT2D eigenvalue weighted by molar-refractivity contribution is 0.0295. The third-order valence-electron chi connectivity index (χ3n) is 1.79. The molecule has 0 aliphatic heterocycles. The Bertz CT molecular complexity index is 127. The molecule has 0 radical (unpaired) electrons. The van der Waals surface area contributed by atoms with E-state index < -0.39 is 9.53 Å². The van der Waals surface area contributed by atoms with Gasteiger partial charge in [-0.25, -0.2) is 0 Å². The van der Waals surface area contributed by atoms with Crippen LogP contribution in [0, 0.1) is 0 Å². The van der Waals surface area contributed by atoms with E-state index in [2.05, 4.69) is 13.8 Å². The highest BCUT2D eigenvalue weighted by Gasteiger charge is 2.15. The average molecular weight is 236 g/mol. The van der Waals surface area contributed by atoms with Gasteiger partial charge in [0, 0.05) is 20.3 Å². The van der Waals surface area contributed by atoms with Gasteiger partial charge in [0.15, 0.2) is 0 Å². The summed E-state index contributed by atoms with van der Waals surface area (Å²) in [5.41, 5.74) is 0. The minimum absolute atomic E-state index is 0.0930. The summed E-state index contributed by atoms with van der Waals surface area (Å²) in [4.78, 5) is 0. The Morgan fingerprint density at radius 2 is 1.53 bits per heavy atom. The molecule has 92 valence electrons. The molecule has 0 aliphatic carbocycles. The lowest BCUT2D eigenvalue weighted by atomic mass is 10.4. The van der Waals surface area contributed by atoms with E-state index in [-0.39, 0.29) is 6.10 Å². The summed E-state index contributed by atoms with van der Waals surface area (Å²) in [6.07, 6.45) is 2.07. The normalized spacial score (nSPS) is 13.4. The van der Waals surface area contributed by atoms with Crippen LogP contribution in [0.1, 0.15) is 33.6 Å². The minimum atomic E-state index is -1.92. The van der Waals surface area contributed by atoms with E-state index in [9.17, 15) is 0 Å². The fraction of sp³-hybridized carbons (Fsp3) is 1.00. The Balaban J connectivity index is 3.67. The van der Waals surface area contributed by atoms with E-state index in [0.717, 1.165) is 12.8 Å². The SMILES string of the molecule is CCCO[SiH](OCCC)OCC(C)OC. The molecule has 0 aliphatic rings. The van der Waals surface area contributed by atoms with Crippen molar-refractivity contribution >= 4 is 9.53 Å². The molecular weight excluding hydrogens is 212 g/mol. The summed E-state index contributed by atoms with van der Waals surface area (Å²) >= 11 is 0. The molecule has 0 aromatic carbocycles. The monoisotopic (exact) mass is 236 g/mol. The standard InChI is InChI=1S/C10H24O4Si/c1-5-7-12-15(13-8-6-2)14-9-10(3)11-4/h10,15H,5-9H2,1-4H3. The lowest BCUT2D eigenvalue weighted by Gasteiger charge is -2.18. The van der Waals surface area contributed by atoms with Gasteiger partial charge in [0.25, 0.3) is 0 Å². The zero-order valence-electron chi connectivity index (χ0n) is 10.3. The molecule has 0 aromatic rings. The first-order valence-electron chi connectivity index (χ1n) is 5.62. The average Bonchev–Trinajstić information content (AvgIpc) is 2.27. The topological polar surface area (TPSA) is 36.9 Å². The molecule has 0 fully saturated rings. The maximum absolute atomic E-state index is 5.57. The van der Waals surface area contributed by atoms with Crippen LogP contribution in [0.15, 0.2) is 0 Å². The number of hydrogen-bond acceptors (Lipinski definition) is 4. The largest absolute Gasteiger partial charge is 0.484 e. The minimum Gasteiger partial charge on any atom is -0.379 e. The summed E-state index contributed by atoms with van der Waals surface area (Å²) in [5, 5.41) is 0. The van der Waals surface area contributed by atoms with Gasteiger partial charge in [0.1, 0.15) is 0 Å². The predicted octanol–water partition coefficient (Wildman–Crippen LogP) is 1.61. The predicted molar refractivity (Wildman–Crippen MR) is 62.1 cm³/mol. The molecule has 0 saturated carbocycles. The lowest BCUT2D eigenvalue weighted by Crippen LogP contribution is -2.31. The number of ether oxygens (including phenoxy) is 1. The van der Waals surface area contributed by atoms with Gasteiger partial charge in [0.2, 0.25) is 0 Å². The van der Waals surface area contributed by atoms with Gasteiger partial charge in [-0.05, 0) is 19.8 Å². The van der Waals surface area contributed by atoms with Crippen molar-refractivity contribution in [1.29, 1.82) is 0 Å². The van der Waals surface area contributed by atoms with Gasteiger partial charge in [-0.15, -0.1) is 0 Å². The van der Waals surface area contributed by atoms with Gasteiger partial charge in [0.05, 0.1) is 12.7 Å². The van der Waals surface area contributed by atoms with E-state index in [1.165, 1.54) is 0 Å². The summed E-state index contributed by atoms with van der Waals surface area (Å²) in [5.74, 6) is 0. The van der Waals surface area contributed by atoms with Crippen LogP contribution in [-0.4, -0.2) is 42.6 Å². The van der Waals surface area contributed by atoms with Crippen LogP contribution >= 0.6 is 0 Å². The number of rotatable bonds is 10. The van der Waals surface area contributed by atoms with Crippen LogP contribution in [0.5, 0.6) is 0 Å². The first kappa shape index (κ1) is 15.1. The van der Waals surface area contributed by atoms with Crippen LogP contribution in [-0.2, 0) is 18.0 Å². The van der Waals surface area contributed by atoms with E-state index in [4.69, 9.17) is 18.0 Å². The fourth-order valence-electron chi connectivity index (χ4n) is 0.855. The molecule has 0 N–H and O–H groups in total. The first-order chi connectivity index (χ1) is 7.24.